The molecular weight excluding hydrogens is 280 g/mol. The van der Waals surface area contributed by atoms with Crippen LogP contribution in [0.25, 0.3) is 0 Å². The Hall–Kier alpha value is -1.75. The topological polar surface area (TPSA) is 59.6 Å². The van der Waals surface area contributed by atoms with Gasteiger partial charge in [-0.05, 0) is 37.5 Å². The van der Waals surface area contributed by atoms with Crippen molar-refractivity contribution < 1.29 is 14.3 Å². The Morgan fingerprint density at radius 2 is 2.18 bits per heavy atom. The third kappa shape index (κ3) is 1.99. The molecule has 1 aliphatic heterocycles. The molecular formula is C17H22N2O3. The van der Waals surface area contributed by atoms with Crippen LogP contribution in [0.1, 0.15) is 25.7 Å². The number of carbonyl (C=O) groups is 1. The normalized spacial score (nSPS) is 30.9. The Morgan fingerprint density at radius 1 is 1.36 bits per heavy atom. The van der Waals surface area contributed by atoms with Gasteiger partial charge in [-0.3, -0.25) is 5.32 Å². The van der Waals surface area contributed by atoms with Gasteiger partial charge in [0, 0.05) is 35.4 Å². The molecule has 2 saturated carbocycles. The average Bonchev–Trinajstić information content (AvgIpc) is 2.89. The molecule has 3 aliphatic rings. The quantitative estimate of drug-likeness (QED) is 0.900. The molecule has 3 atom stereocenters. The molecule has 5 heteroatoms. The molecule has 2 aliphatic carbocycles. The third-order valence-electron chi connectivity index (χ3n) is 5.65. The van der Waals surface area contributed by atoms with Crippen LogP contribution < -0.4 is 10.6 Å². The fourth-order valence-electron chi connectivity index (χ4n) is 4.49. The Balaban J connectivity index is 1.49. The molecule has 3 fully saturated rings. The Bertz CT molecular complexity index is 585. The van der Waals surface area contributed by atoms with Gasteiger partial charge in [-0.1, -0.05) is 12.5 Å². The van der Waals surface area contributed by atoms with Crippen LogP contribution in [0.2, 0.25) is 0 Å². The van der Waals surface area contributed by atoms with Crippen LogP contribution in [-0.2, 0) is 9.47 Å². The first-order valence-electron chi connectivity index (χ1n) is 8.06. The van der Waals surface area contributed by atoms with Crippen molar-refractivity contribution in [3.05, 3.63) is 24.3 Å². The van der Waals surface area contributed by atoms with E-state index in [9.17, 15) is 4.79 Å². The van der Waals surface area contributed by atoms with Crippen LogP contribution in [0, 0.1) is 11.3 Å². The number of benzene rings is 1. The number of nitrogens with one attached hydrogen (secondary N) is 2. The van der Waals surface area contributed by atoms with Crippen LogP contribution in [0.5, 0.6) is 0 Å². The zero-order chi connectivity index (χ0) is 15.2. The molecule has 5 nitrogen and oxygen atoms in total. The number of anilines is 2. The lowest BCUT2D eigenvalue weighted by Gasteiger charge is -2.63. The lowest BCUT2D eigenvalue weighted by molar-refractivity contribution is -0.158. The van der Waals surface area contributed by atoms with Crippen molar-refractivity contribution in [2.45, 2.75) is 37.8 Å². The van der Waals surface area contributed by atoms with E-state index in [2.05, 4.69) is 21.4 Å². The lowest BCUT2D eigenvalue weighted by Crippen LogP contribution is -2.68. The van der Waals surface area contributed by atoms with Crippen LogP contribution in [0.3, 0.4) is 0 Å². The Labute approximate surface area is 130 Å². The fourth-order valence-corrected chi connectivity index (χ4v) is 4.49. The van der Waals surface area contributed by atoms with Crippen molar-refractivity contribution in [1.29, 1.82) is 0 Å². The van der Waals surface area contributed by atoms with E-state index in [1.165, 1.54) is 26.4 Å². The maximum atomic E-state index is 11.3. The molecule has 0 radical (unpaired) electrons. The first kappa shape index (κ1) is 13.9. The highest BCUT2D eigenvalue weighted by molar-refractivity contribution is 5.85. The highest BCUT2D eigenvalue weighted by Crippen LogP contribution is 2.63. The number of ether oxygens (including phenoxy) is 2. The maximum absolute atomic E-state index is 11.3. The molecule has 1 amide bonds. The second-order valence-electron chi connectivity index (χ2n) is 6.65. The standard InChI is InChI=1S/C17H22N2O3/c1-21-16(20)19-12-5-2-4-11(10-12)18-14-13-6-9-22-15(13)17(14)7-3-8-17/h2,4-5,10,13-15,18H,3,6-9H2,1H3,(H,19,20). The highest BCUT2D eigenvalue weighted by Gasteiger charge is 2.66. The summed E-state index contributed by atoms with van der Waals surface area (Å²) >= 11 is 0. The number of hydrogen-bond donors (Lipinski definition) is 2. The summed E-state index contributed by atoms with van der Waals surface area (Å²) in [6.07, 6.45) is 5.03. The first-order chi connectivity index (χ1) is 10.7. The van der Waals surface area contributed by atoms with E-state index in [-0.39, 0.29) is 0 Å². The molecule has 1 aromatic rings. The second kappa shape index (κ2) is 5.16. The number of fused-ring (bicyclic) bond motifs is 2. The molecule has 3 unspecified atom stereocenters. The number of hydrogen-bond acceptors (Lipinski definition) is 4. The smallest absolute Gasteiger partial charge is 0.411 e. The molecule has 2 N–H and O–H groups in total. The minimum absolute atomic E-state index is 0.354. The molecule has 1 aromatic carbocycles. The Kier molecular flexibility index (Phi) is 3.26. The predicted molar refractivity (Wildman–Crippen MR) is 84.0 cm³/mol. The van der Waals surface area contributed by atoms with Gasteiger partial charge in [0.25, 0.3) is 0 Å². The van der Waals surface area contributed by atoms with E-state index >= 15 is 0 Å². The van der Waals surface area contributed by atoms with Gasteiger partial charge >= 0.3 is 6.09 Å². The van der Waals surface area contributed by atoms with Crippen molar-refractivity contribution in [2.24, 2.45) is 11.3 Å². The van der Waals surface area contributed by atoms with E-state index in [4.69, 9.17) is 4.74 Å². The summed E-state index contributed by atoms with van der Waals surface area (Å²) < 4.78 is 10.6. The second-order valence-corrected chi connectivity index (χ2v) is 6.65. The van der Waals surface area contributed by atoms with Crippen molar-refractivity contribution in [1.82, 2.24) is 0 Å². The van der Waals surface area contributed by atoms with Crippen molar-refractivity contribution in [3.63, 3.8) is 0 Å². The molecule has 0 aromatic heterocycles. The predicted octanol–water partition coefficient (Wildman–Crippen LogP) is 3.23. The Morgan fingerprint density at radius 3 is 2.91 bits per heavy atom. The molecule has 22 heavy (non-hydrogen) atoms. The van der Waals surface area contributed by atoms with Gasteiger partial charge in [0.05, 0.1) is 13.2 Å². The molecule has 1 saturated heterocycles. The number of amides is 1. The molecule has 118 valence electrons. The summed E-state index contributed by atoms with van der Waals surface area (Å²) in [5, 5.41) is 6.41. The lowest BCUT2D eigenvalue weighted by atomic mass is 9.46. The van der Waals surface area contributed by atoms with E-state index in [0.29, 0.717) is 23.5 Å². The average molecular weight is 302 g/mol. The van der Waals surface area contributed by atoms with E-state index in [1.807, 2.05) is 18.2 Å². The summed E-state index contributed by atoms with van der Waals surface area (Å²) in [5.41, 5.74) is 2.15. The van der Waals surface area contributed by atoms with Gasteiger partial charge in [0.1, 0.15) is 0 Å². The highest BCUT2D eigenvalue weighted by atomic mass is 16.5. The summed E-state index contributed by atoms with van der Waals surface area (Å²) in [7, 11) is 1.37. The van der Waals surface area contributed by atoms with E-state index < -0.39 is 6.09 Å². The monoisotopic (exact) mass is 302 g/mol. The van der Waals surface area contributed by atoms with Gasteiger partial charge in [-0.25, -0.2) is 4.79 Å². The summed E-state index contributed by atoms with van der Waals surface area (Å²) in [6, 6.07) is 8.33. The summed E-state index contributed by atoms with van der Waals surface area (Å²) in [4.78, 5) is 11.3. The minimum Gasteiger partial charge on any atom is -0.453 e. The minimum atomic E-state index is -0.444. The molecule has 1 heterocycles. The molecule has 0 bridgehead atoms. The SMILES string of the molecule is COC(=O)Nc1cccc(NC2C3CCOC3C23CCC3)c1. The zero-order valence-electron chi connectivity index (χ0n) is 12.8. The van der Waals surface area contributed by atoms with Crippen molar-refractivity contribution >= 4 is 17.5 Å². The van der Waals surface area contributed by atoms with Gasteiger partial charge in [-0.15, -0.1) is 0 Å². The van der Waals surface area contributed by atoms with Gasteiger partial charge < -0.3 is 14.8 Å². The van der Waals surface area contributed by atoms with Crippen LogP contribution in [0.15, 0.2) is 24.3 Å². The van der Waals surface area contributed by atoms with Crippen LogP contribution >= 0.6 is 0 Å². The largest absolute Gasteiger partial charge is 0.453 e. The van der Waals surface area contributed by atoms with Gasteiger partial charge in [0.2, 0.25) is 0 Å². The summed E-state index contributed by atoms with van der Waals surface area (Å²) in [6.45, 7) is 0.902. The number of methoxy groups -OCH3 is 1. The fraction of sp³-hybridized carbons (Fsp3) is 0.588. The molecule has 1 spiro atoms. The van der Waals surface area contributed by atoms with Crippen molar-refractivity contribution in [2.75, 3.05) is 24.4 Å². The van der Waals surface area contributed by atoms with Crippen LogP contribution in [0.4, 0.5) is 16.2 Å². The van der Waals surface area contributed by atoms with Crippen molar-refractivity contribution in [3.8, 4) is 0 Å². The van der Waals surface area contributed by atoms with E-state index in [1.54, 1.807) is 0 Å². The van der Waals surface area contributed by atoms with Gasteiger partial charge in [-0.2, -0.15) is 0 Å². The first-order valence-corrected chi connectivity index (χ1v) is 8.06. The maximum Gasteiger partial charge on any atom is 0.411 e. The molecule has 4 rings (SSSR count). The van der Waals surface area contributed by atoms with Gasteiger partial charge in [0.15, 0.2) is 0 Å². The third-order valence-corrected chi connectivity index (χ3v) is 5.65. The summed E-state index contributed by atoms with van der Waals surface area (Å²) in [5.74, 6) is 0.637. The van der Waals surface area contributed by atoms with E-state index in [0.717, 1.165) is 24.4 Å². The number of rotatable bonds is 3. The number of carbonyl (C=O) groups excluding carboxylic acids is 1. The zero-order valence-corrected chi connectivity index (χ0v) is 12.8. The van der Waals surface area contributed by atoms with Crippen LogP contribution in [-0.4, -0.2) is 32.0 Å².